The van der Waals surface area contributed by atoms with E-state index in [9.17, 15) is 14.4 Å². The molecule has 8 heteroatoms. The Morgan fingerprint density at radius 1 is 1.05 bits per heavy atom. The summed E-state index contributed by atoms with van der Waals surface area (Å²) in [5.41, 5.74) is 6.16. The van der Waals surface area contributed by atoms with Gasteiger partial charge in [-0.05, 0) is 92.1 Å². The minimum absolute atomic E-state index is 0.216. The van der Waals surface area contributed by atoms with Crippen molar-refractivity contribution < 1.29 is 19.1 Å². The molecule has 0 unspecified atom stereocenters. The number of hydrogen-bond acceptors (Lipinski definition) is 5. The number of amides is 3. The molecule has 2 aromatic carbocycles. The van der Waals surface area contributed by atoms with E-state index in [0.717, 1.165) is 57.0 Å². The number of hydrogen-bond donors (Lipinski definition) is 0. The molecule has 37 heavy (non-hydrogen) atoms. The van der Waals surface area contributed by atoms with Gasteiger partial charge in [0.1, 0.15) is 12.3 Å². The highest BCUT2D eigenvalue weighted by Crippen LogP contribution is 2.34. The highest BCUT2D eigenvalue weighted by Gasteiger charge is 2.37. The van der Waals surface area contributed by atoms with Crippen LogP contribution < -0.4 is 4.74 Å². The van der Waals surface area contributed by atoms with Gasteiger partial charge in [0.15, 0.2) is 0 Å². The Morgan fingerprint density at radius 3 is 2.51 bits per heavy atom. The van der Waals surface area contributed by atoms with E-state index >= 15 is 0 Å². The van der Waals surface area contributed by atoms with Crippen LogP contribution in [0, 0.1) is 13.8 Å². The molecule has 0 N–H and O–H groups in total. The fourth-order valence-corrected chi connectivity index (χ4v) is 5.74. The first-order valence-electron chi connectivity index (χ1n) is 12.4. The summed E-state index contributed by atoms with van der Waals surface area (Å²) in [6, 6.07) is 17.9. The molecule has 0 saturated carbocycles. The van der Waals surface area contributed by atoms with Crippen LogP contribution in [0.25, 0.3) is 11.8 Å². The van der Waals surface area contributed by atoms with Crippen molar-refractivity contribution in [2.45, 2.75) is 33.7 Å². The first kappa shape index (κ1) is 24.9. The lowest BCUT2D eigenvalue weighted by Crippen LogP contribution is -2.44. The van der Waals surface area contributed by atoms with Crippen LogP contribution in [0.15, 0.2) is 59.5 Å². The summed E-state index contributed by atoms with van der Waals surface area (Å²) in [5.74, 6) is 0.171. The normalized spacial score (nSPS) is 16.5. The topological polar surface area (TPSA) is 71.8 Å². The maximum atomic E-state index is 13.1. The predicted octanol–water partition coefficient (Wildman–Crippen LogP) is 5.11. The van der Waals surface area contributed by atoms with Crippen LogP contribution in [-0.4, -0.2) is 51.1 Å². The first-order valence-corrected chi connectivity index (χ1v) is 13.2. The Labute approximate surface area is 220 Å². The zero-order valence-corrected chi connectivity index (χ0v) is 22.0. The van der Waals surface area contributed by atoms with Crippen molar-refractivity contribution in [1.29, 1.82) is 0 Å². The van der Waals surface area contributed by atoms with Gasteiger partial charge in [-0.25, -0.2) is 0 Å². The van der Waals surface area contributed by atoms with Gasteiger partial charge in [0.05, 0.1) is 11.5 Å². The Kier molecular flexibility index (Phi) is 6.93. The minimum atomic E-state index is -0.424. The number of fused-ring (bicyclic) bond motifs is 1. The summed E-state index contributed by atoms with van der Waals surface area (Å²) >= 11 is 0.883. The summed E-state index contributed by atoms with van der Waals surface area (Å²) in [7, 11) is 0. The molecule has 3 aromatic rings. The Morgan fingerprint density at radius 2 is 1.78 bits per heavy atom. The molecule has 7 nitrogen and oxygen atoms in total. The molecule has 3 amide bonds. The molecule has 1 saturated heterocycles. The number of aromatic nitrogens is 1. The molecule has 0 atom stereocenters. The largest absolute Gasteiger partial charge is 0.494 e. The van der Waals surface area contributed by atoms with Crippen LogP contribution in [-0.2, 0) is 22.6 Å². The molecule has 190 valence electrons. The quantitative estimate of drug-likeness (QED) is 0.427. The highest BCUT2D eigenvalue weighted by molar-refractivity contribution is 8.18. The number of ether oxygens (including phenoxy) is 1. The average Bonchev–Trinajstić information content (AvgIpc) is 3.33. The second-order valence-electron chi connectivity index (χ2n) is 9.19. The Balaban J connectivity index is 1.31. The molecule has 1 aromatic heterocycles. The van der Waals surface area contributed by atoms with Crippen molar-refractivity contribution in [2.75, 3.05) is 19.7 Å². The van der Waals surface area contributed by atoms with E-state index in [1.54, 1.807) is 11.0 Å². The first-order chi connectivity index (χ1) is 17.9. The van der Waals surface area contributed by atoms with E-state index in [-0.39, 0.29) is 12.5 Å². The van der Waals surface area contributed by atoms with Gasteiger partial charge in [-0.1, -0.05) is 24.3 Å². The molecule has 3 heterocycles. The van der Waals surface area contributed by atoms with Gasteiger partial charge in [-0.3, -0.25) is 19.3 Å². The van der Waals surface area contributed by atoms with Gasteiger partial charge in [-0.2, -0.15) is 0 Å². The number of carbonyl (C=O) groups excluding carboxylic acids is 3. The average molecular weight is 516 g/mol. The monoisotopic (exact) mass is 515 g/mol. The van der Waals surface area contributed by atoms with E-state index in [2.05, 4.69) is 10.6 Å². The van der Waals surface area contributed by atoms with Gasteiger partial charge in [-0.15, -0.1) is 0 Å². The fourth-order valence-electron chi connectivity index (χ4n) is 4.91. The Bertz CT molecular complexity index is 1410. The van der Waals surface area contributed by atoms with Crippen molar-refractivity contribution >= 4 is 34.9 Å². The number of benzene rings is 2. The van der Waals surface area contributed by atoms with Crippen molar-refractivity contribution in [3.63, 3.8) is 0 Å². The van der Waals surface area contributed by atoms with E-state index in [1.807, 2.05) is 69.3 Å². The third-order valence-corrected chi connectivity index (χ3v) is 7.72. The van der Waals surface area contributed by atoms with Crippen LogP contribution >= 0.6 is 11.8 Å². The van der Waals surface area contributed by atoms with Crippen LogP contribution in [0.4, 0.5) is 4.79 Å². The van der Waals surface area contributed by atoms with Crippen molar-refractivity contribution in [3.8, 4) is 11.4 Å². The molecular formula is C29H29N3O4S. The summed E-state index contributed by atoms with van der Waals surface area (Å²) in [4.78, 5) is 41.9. The SMILES string of the molecule is CCOc1ccc(-n2c(C)cc(/C=C3\SC(=O)N(CC(=O)N4CCc5ccccc5C4)C3=O)c2C)cc1. The lowest BCUT2D eigenvalue weighted by atomic mass is 10.00. The number of rotatable bonds is 6. The standard InChI is InChI=1S/C29H29N3O4S/c1-4-36-25-11-9-24(10-12-25)32-19(2)15-23(20(32)3)16-26-28(34)31(29(35)37-26)18-27(33)30-14-13-21-7-5-6-8-22(21)17-30/h5-12,15-16H,4,13-14,17-18H2,1-3H3/b26-16-. The second kappa shape index (κ2) is 10.3. The smallest absolute Gasteiger partial charge is 0.294 e. The lowest BCUT2D eigenvalue weighted by molar-refractivity contribution is -0.136. The third kappa shape index (κ3) is 4.93. The number of thioether (sulfide) groups is 1. The molecule has 2 aliphatic heterocycles. The maximum Gasteiger partial charge on any atom is 0.294 e. The van der Waals surface area contributed by atoms with E-state index in [1.165, 1.54) is 5.56 Å². The van der Waals surface area contributed by atoms with Gasteiger partial charge in [0.25, 0.3) is 11.1 Å². The molecule has 1 fully saturated rings. The van der Waals surface area contributed by atoms with Crippen LogP contribution in [0.1, 0.15) is 35.0 Å². The maximum absolute atomic E-state index is 13.1. The molecule has 0 bridgehead atoms. The number of aryl methyl sites for hydroxylation is 1. The van der Waals surface area contributed by atoms with Crippen LogP contribution in [0.3, 0.4) is 0 Å². The number of nitrogens with zero attached hydrogens (tertiary/aromatic N) is 3. The van der Waals surface area contributed by atoms with E-state index < -0.39 is 11.1 Å². The fraction of sp³-hybridized carbons (Fsp3) is 0.276. The van der Waals surface area contributed by atoms with Crippen molar-refractivity contribution in [1.82, 2.24) is 14.4 Å². The molecule has 2 aliphatic rings. The highest BCUT2D eigenvalue weighted by atomic mass is 32.2. The summed E-state index contributed by atoms with van der Waals surface area (Å²) in [6.45, 7) is 7.38. The number of imide groups is 1. The van der Waals surface area contributed by atoms with Gasteiger partial charge in [0, 0.05) is 30.2 Å². The molecular weight excluding hydrogens is 486 g/mol. The van der Waals surface area contributed by atoms with Gasteiger partial charge < -0.3 is 14.2 Å². The second-order valence-corrected chi connectivity index (χ2v) is 10.2. The Hall–Kier alpha value is -3.78. The summed E-state index contributed by atoms with van der Waals surface area (Å²) in [6.07, 6.45) is 2.52. The molecule has 0 aliphatic carbocycles. The number of carbonyl (C=O) groups is 3. The van der Waals surface area contributed by atoms with E-state index in [4.69, 9.17) is 4.74 Å². The third-order valence-electron chi connectivity index (χ3n) is 6.81. The summed E-state index contributed by atoms with van der Waals surface area (Å²) in [5, 5.41) is -0.415. The molecule has 5 rings (SSSR count). The van der Waals surface area contributed by atoms with Gasteiger partial charge >= 0.3 is 0 Å². The van der Waals surface area contributed by atoms with E-state index in [0.29, 0.717) is 24.6 Å². The lowest BCUT2D eigenvalue weighted by Gasteiger charge is -2.29. The zero-order chi connectivity index (χ0) is 26.1. The van der Waals surface area contributed by atoms with Crippen LogP contribution in [0.5, 0.6) is 5.75 Å². The predicted molar refractivity (Wildman–Crippen MR) is 145 cm³/mol. The molecule has 0 spiro atoms. The van der Waals surface area contributed by atoms with Crippen molar-refractivity contribution in [3.05, 3.63) is 87.6 Å². The summed E-state index contributed by atoms with van der Waals surface area (Å²) < 4.78 is 7.64. The molecule has 0 radical (unpaired) electrons. The zero-order valence-electron chi connectivity index (χ0n) is 21.2. The van der Waals surface area contributed by atoms with Crippen LogP contribution in [0.2, 0.25) is 0 Å². The van der Waals surface area contributed by atoms with Gasteiger partial charge in [0.2, 0.25) is 5.91 Å². The van der Waals surface area contributed by atoms with Crippen molar-refractivity contribution in [2.24, 2.45) is 0 Å². The minimum Gasteiger partial charge on any atom is -0.494 e.